The van der Waals surface area contributed by atoms with Gasteiger partial charge in [-0.05, 0) is 116 Å². The maximum absolute atomic E-state index is 2.60. The number of rotatable bonds is 6. The molecule has 1 heterocycles. The monoisotopic (exact) mass is 837 g/mol. The van der Waals surface area contributed by atoms with Gasteiger partial charge < -0.3 is 4.90 Å². The number of hydrogen-bond donors (Lipinski definition) is 0. The Kier molecular flexibility index (Phi) is 8.36. The molecule has 64 heavy (non-hydrogen) atoms. The third-order valence-electron chi connectivity index (χ3n) is 15.0. The van der Waals surface area contributed by atoms with E-state index in [-0.39, 0.29) is 10.8 Å². The topological polar surface area (TPSA) is 3.24 Å². The molecule has 0 unspecified atom stereocenters. The van der Waals surface area contributed by atoms with Crippen molar-refractivity contribution < 1.29 is 0 Å². The van der Waals surface area contributed by atoms with Crippen molar-refractivity contribution >= 4 is 48.6 Å². The minimum Gasteiger partial charge on any atom is -0.309 e. The van der Waals surface area contributed by atoms with Crippen LogP contribution in [0.5, 0.6) is 0 Å². The molecule has 0 atom stereocenters. The van der Waals surface area contributed by atoms with Crippen molar-refractivity contribution in [2.24, 2.45) is 0 Å². The summed E-state index contributed by atoms with van der Waals surface area (Å²) in [6, 6.07) is 75.7. The highest BCUT2D eigenvalue weighted by Gasteiger charge is 2.45. The fourth-order valence-electron chi connectivity index (χ4n) is 12.2. The molecule has 0 radical (unpaired) electrons. The van der Waals surface area contributed by atoms with E-state index < -0.39 is 0 Å². The zero-order valence-electron chi connectivity index (χ0n) is 36.2. The van der Waals surface area contributed by atoms with Gasteiger partial charge in [-0.1, -0.05) is 190 Å². The number of nitrogens with zero attached hydrogens (tertiary/aromatic N) is 1. The van der Waals surface area contributed by atoms with Gasteiger partial charge in [0.2, 0.25) is 0 Å². The Morgan fingerprint density at radius 2 is 1.00 bits per heavy atom. The lowest BCUT2D eigenvalue weighted by Crippen LogP contribution is -2.21. The Morgan fingerprint density at radius 3 is 1.83 bits per heavy atom. The van der Waals surface area contributed by atoms with Crippen LogP contribution in [0.2, 0.25) is 0 Å². The fraction of sp³-hybridized carbons (Fsp3) is 0.129. The van der Waals surface area contributed by atoms with Crippen LogP contribution in [0.4, 0.5) is 17.1 Å². The van der Waals surface area contributed by atoms with Crippen LogP contribution in [-0.4, -0.2) is 0 Å². The maximum atomic E-state index is 2.60. The van der Waals surface area contributed by atoms with E-state index >= 15 is 0 Å². The van der Waals surface area contributed by atoms with Crippen molar-refractivity contribution in [1.29, 1.82) is 0 Å². The first-order chi connectivity index (χ1) is 31.5. The predicted octanol–water partition coefficient (Wildman–Crippen LogP) is 17.7. The summed E-state index contributed by atoms with van der Waals surface area (Å²) >= 11 is 1.90. The lowest BCUT2D eigenvalue weighted by Gasteiger charge is -2.33. The molecule has 306 valence electrons. The van der Waals surface area contributed by atoms with Crippen molar-refractivity contribution in [1.82, 2.24) is 0 Å². The molecule has 0 aliphatic heterocycles. The van der Waals surface area contributed by atoms with Gasteiger partial charge in [0.15, 0.2) is 0 Å². The predicted molar refractivity (Wildman–Crippen MR) is 273 cm³/mol. The molecule has 0 bridgehead atoms. The van der Waals surface area contributed by atoms with E-state index in [2.05, 4.69) is 219 Å². The first-order valence-electron chi connectivity index (χ1n) is 23.0. The number of hydrogen-bond acceptors (Lipinski definition) is 2. The number of anilines is 3. The molecule has 9 aromatic carbocycles. The molecule has 0 amide bonds. The normalized spacial score (nSPS) is 15.0. The fourth-order valence-corrected chi connectivity index (χ4v) is 13.4. The lowest BCUT2D eigenvalue weighted by molar-refractivity contribution is 0.550. The third kappa shape index (κ3) is 5.42. The van der Waals surface area contributed by atoms with E-state index in [1.54, 1.807) is 0 Å². The van der Waals surface area contributed by atoms with E-state index in [1.165, 1.54) is 135 Å². The van der Waals surface area contributed by atoms with Gasteiger partial charge in [-0.15, -0.1) is 11.3 Å². The molecule has 0 saturated heterocycles. The molecular weight excluding hydrogens is 791 g/mol. The smallest absolute Gasteiger partial charge is 0.0540 e. The van der Waals surface area contributed by atoms with Crippen molar-refractivity contribution in [2.75, 3.05) is 4.90 Å². The molecule has 0 N–H and O–H groups in total. The average molecular weight is 838 g/mol. The molecule has 3 aliphatic rings. The van der Waals surface area contributed by atoms with Crippen molar-refractivity contribution in [2.45, 2.75) is 50.4 Å². The summed E-state index contributed by atoms with van der Waals surface area (Å²) in [5.74, 6) is 0. The van der Waals surface area contributed by atoms with Crippen LogP contribution in [0.15, 0.2) is 200 Å². The summed E-state index contributed by atoms with van der Waals surface area (Å²) in [6.07, 6.45) is 4.90. The van der Waals surface area contributed by atoms with E-state index in [0.717, 1.165) is 5.69 Å². The zero-order valence-corrected chi connectivity index (χ0v) is 37.1. The van der Waals surface area contributed by atoms with Crippen LogP contribution in [0.1, 0.15) is 61.8 Å². The summed E-state index contributed by atoms with van der Waals surface area (Å²) in [6.45, 7) is 4.81. The van der Waals surface area contributed by atoms with E-state index in [0.29, 0.717) is 0 Å². The highest BCUT2D eigenvalue weighted by molar-refractivity contribution is 7.26. The van der Waals surface area contributed by atoms with Gasteiger partial charge >= 0.3 is 0 Å². The van der Waals surface area contributed by atoms with Crippen LogP contribution >= 0.6 is 11.3 Å². The molecule has 1 fully saturated rings. The molecule has 1 nitrogen and oxygen atoms in total. The second kappa shape index (κ2) is 14.3. The third-order valence-corrected chi connectivity index (χ3v) is 16.2. The number of benzene rings is 9. The number of para-hydroxylation sites is 1. The summed E-state index contributed by atoms with van der Waals surface area (Å²) < 4.78 is 2.66. The average Bonchev–Trinajstić information content (AvgIpc) is 4.12. The van der Waals surface area contributed by atoms with E-state index in [9.17, 15) is 0 Å². The Hall–Kier alpha value is -7.00. The van der Waals surface area contributed by atoms with Gasteiger partial charge in [0.05, 0.1) is 11.4 Å². The molecule has 2 heteroatoms. The first-order valence-corrected chi connectivity index (χ1v) is 23.8. The van der Waals surface area contributed by atoms with E-state index in [1.807, 2.05) is 11.3 Å². The van der Waals surface area contributed by atoms with Crippen LogP contribution in [0.25, 0.3) is 75.8 Å². The Balaban J connectivity index is 1.08. The van der Waals surface area contributed by atoms with E-state index in [4.69, 9.17) is 0 Å². The minimum atomic E-state index is -0.168. The molecule has 13 rings (SSSR count). The second-order valence-electron chi connectivity index (χ2n) is 18.7. The Bertz CT molecular complexity index is 3490. The highest BCUT2D eigenvalue weighted by atomic mass is 32.1. The molecular formula is C62H47NS. The van der Waals surface area contributed by atoms with Crippen molar-refractivity contribution in [3.63, 3.8) is 0 Å². The SMILES string of the molecule is CC1(C)c2ccccc2-c2cccc(-c3ccccc3N(c3ccc4c(c3)C3(CCCC3)c3ccccc3-4)c3ccc(-c4cccc5c4sc4ccccc45)cc3-c3ccccc3)c21. The van der Waals surface area contributed by atoms with Gasteiger partial charge in [0.1, 0.15) is 0 Å². The van der Waals surface area contributed by atoms with Gasteiger partial charge in [0.25, 0.3) is 0 Å². The lowest BCUT2D eigenvalue weighted by atomic mass is 9.76. The quantitative estimate of drug-likeness (QED) is 0.161. The van der Waals surface area contributed by atoms with Gasteiger partial charge in [-0.25, -0.2) is 0 Å². The zero-order chi connectivity index (χ0) is 42.6. The van der Waals surface area contributed by atoms with Gasteiger partial charge in [-0.3, -0.25) is 0 Å². The highest BCUT2D eigenvalue weighted by Crippen LogP contribution is 2.59. The molecule has 1 saturated carbocycles. The number of thiophene rings is 1. The van der Waals surface area contributed by atoms with Gasteiger partial charge in [0, 0.05) is 47.8 Å². The maximum Gasteiger partial charge on any atom is 0.0540 e. The van der Waals surface area contributed by atoms with Crippen LogP contribution < -0.4 is 4.90 Å². The van der Waals surface area contributed by atoms with Crippen LogP contribution in [-0.2, 0) is 10.8 Å². The van der Waals surface area contributed by atoms with Crippen LogP contribution in [0.3, 0.4) is 0 Å². The largest absolute Gasteiger partial charge is 0.309 e. The van der Waals surface area contributed by atoms with Crippen molar-refractivity contribution in [3.8, 4) is 55.6 Å². The summed E-state index contributed by atoms with van der Waals surface area (Å²) in [5.41, 5.74) is 22.1. The molecule has 1 spiro atoms. The second-order valence-corrected chi connectivity index (χ2v) is 19.7. The first kappa shape index (κ1) is 37.5. The van der Waals surface area contributed by atoms with Crippen molar-refractivity contribution in [3.05, 3.63) is 222 Å². The molecule has 3 aliphatic carbocycles. The standard InChI is InChI=1S/C62H47NS/c1-61(2)53-28-10-6-21-45(53)49-25-17-26-50(59(49)61)47-22-8-12-30-56(47)63(42-33-34-46-44-20-7-11-29-54(44)62(55(46)39-42)36-14-15-37-62)57-35-32-41(38-52(57)40-18-4-3-5-19-40)43-24-16-27-51-48-23-9-13-31-58(48)64-60(43)51/h3-13,16-35,38-39H,14-15,36-37H2,1-2H3. The van der Waals surface area contributed by atoms with Gasteiger partial charge in [-0.2, -0.15) is 0 Å². The Morgan fingerprint density at radius 1 is 0.406 bits per heavy atom. The minimum absolute atomic E-state index is 0.0399. The molecule has 10 aromatic rings. The summed E-state index contributed by atoms with van der Waals surface area (Å²) in [7, 11) is 0. The molecule has 1 aromatic heterocycles. The summed E-state index contributed by atoms with van der Waals surface area (Å²) in [5, 5.41) is 2.64. The Labute approximate surface area is 379 Å². The summed E-state index contributed by atoms with van der Waals surface area (Å²) in [4.78, 5) is 2.60. The number of fused-ring (bicyclic) bond motifs is 11. The van der Waals surface area contributed by atoms with Crippen LogP contribution in [0, 0.1) is 0 Å².